The quantitative estimate of drug-likeness (QED) is 0.312. The third-order valence-electron chi connectivity index (χ3n) is 5.26. The molecular weight excluding hydrogens is 452 g/mol. The maximum atomic E-state index is 12.7. The lowest BCUT2D eigenvalue weighted by Crippen LogP contribution is -2.50. The zero-order valence-electron chi connectivity index (χ0n) is 18.0. The van der Waals surface area contributed by atoms with Gasteiger partial charge in [0.05, 0.1) is 6.04 Å². The van der Waals surface area contributed by atoms with E-state index in [1.165, 1.54) is 5.38 Å². The van der Waals surface area contributed by atoms with Gasteiger partial charge in [-0.3, -0.25) is 19.7 Å². The first-order valence-electron chi connectivity index (χ1n) is 10.5. The molecule has 4 aromatic rings. The maximum absolute atomic E-state index is 12.7. The van der Waals surface area contributed by atoms with Gasteiger partial charge < -0.3 is 16.2 Å². The van der Waals surface area contributed by atoms with Crippen molar-refractivity contribution in [2.24, 2.45) is 5.73 Å². The molecule has 2 unspecified atom stereocenters. The lowest BCUT2D eigenvalue weighted by molar-refractivity contribution is -0.127. The first-order chi connectivity index (χ1) is 16.4. The number of amides is 3. The highest BCUT2D eigenvalue weighted by molar-refractivity contribution is 7.14. The summed E-state index contributed by atoms with van der Waals surface area (Å²) in [6.45, 7) is 0. The van der Waals surface area contributed by atoms with Gasteiger partial charge in [0.15, 0.2) is 11.2 Å². The van der Waals surface area contributed by atoms with E-state index in [4.69, 9.17) is 5.73 Å². The van der Waals surface area contributed by atoms with Crippen LogP contribution in [0, 0.1) is 0 Å². The molecule has 1 aromatic heterocycles. The van der Waals surface area contributed by atoms with Crippen molar-refractivity contribution in [2.45, 2.75) is 18.6 Å². The number of aliphatic hydroxyl groups excluding tert-OH is 1. The standard InChI is InChI=1S/C25H22N4O4S/c26-22(31)21(30)19(12-15-6-2-1-3-7-15)27-24(33)20-14-34-25(28-20)29-23(32)18-11-10-16-8-4-5-9-17(16)13-18/h1-11,13-14,19,21,30H,12H2,(H2,26,31)(H,27,33)(H,28,29,32). The third-order valence-corrected chi connectivity index (χ3v) is 6.01. The molecule has 3 aromatic carbocycles. The average Bonchev–Trinajstić information content (AvgIpc) is 3.32. The van der Waals surface area contributed by atoms with E-state index >= 15 is 0 Å². The highest BCUT2D eigenvalue weighted by atomic mass is 32.1. The number of primary amides is 1. The van der Waals surface area contributed by atoms with E-state index in [1.54, 1.807) is 12.1 Å². The Kier molecular flexibility index (Phi) is 6.95. The number of anilines is 1. The minimum atomic E-state index is -1.57. The Hall–Kier alpha value is -4.08. The molecule has 0 bridgehead atoms. The molecule has 0 aliphatic rings. The first kappa shape index (κ1) is 23.1. The number of nitrogens with one attached hydrogen (secondary N) is 2. The number of thiazole rings is 1. The molecule has 1 heterocycles. The van der Waals surface area contributed by atoms with Crippen molar-refractivity contribution in [1.82, 2.24) is 10.3 Å². The Balaban J connectivity index is 1.44. The van der Waals surface area contributed by atoms with Crippen LogP contribution in [-0.4, -0.2) is 40.0 Å². The van der Waals surface area contributed by atoms with Crippen LogP contribution in [0.2, 0.25) is 0 Å². The number of nitrogens with two attached hydrogens (primary N) is 1. The highest BCUT2D eigenvalue weighted by Gasteiger charge is 2.27. The third kappa shape index (κ3) is 5.45. The molecule has 0 fully saturated rings. The van der Waals surface area contributed by atoms with Crippen LogP contribution >= 0.6 is 11.3 Å². The number of carbonyl (C=O) groups excluding carboxylic acids is 3. The number of rotatable bonds is 8. The SMILES string of the molecule is NC(=O)C(O)C(Cc1ccccc1)NC(=O)c1csc(NC(=O)c2ccc3ccccc3c2)n1. The molecule has 3 amide bonds. The number of carbonyl (C=O) groups is 3. The number of aliphatic hydroxyl groups is 1. The summed E-state index contributed by atoms with van der Waals surface area (Å²) in [7, 11) is 0. The predicted molar refractivity (Wildman–Crippen MR) is 131 cm³/mol. The van der Waals surface area contributed by atoms with Crippen LogP contribution in [0.3, 0.4) is 0 Å². The van der Waals surface area contributed by atoms with Gasteiger partial charge >= 0.3 is 0 Å². The number of nitrogens with zero attached hydrogens (tertiary/aromatic N) is 1. The lowest BCUT2D eigenvalue weighted by Gasteiger charge is -2.21. The van der Waals surface area contributed by atoms with E-state index in [2.05, 4.69) is 15.6 Å². The number of hydrogen-bond acceptors (Lipinski definition) is 6. The molecule has 9 heteroatoms. The summed E-state index contributed by atoms with van der Waals surface area (Å²) in [5, 5.41) is 19.2. The van der Waals surface area contributed by atoms with Gasteiger partial charge in [-0.2, -0.15) is 0 Å². The zero-order valence-corrected chi connectivity index (χ0v) is 18.8. The second-order valence-corrected chi connectivity index (χ2v) is 8.53. The fraction of sp³-hybridized carbons (Fsp3) is 0.120. The number of hydrogen-bond donors (Lipinski definition) is 4. The largest absolute Gasteiger partial charge is 0.381 e. The summed E-state index contributed by atoms with van der Waals surface area (Å²) < 4.78 is 0. The Bertz CT molecular complexity index is 1340. The van der Waals surface area contributed by atoms with Crippen LogP contribution in [0.5, 0.6) is 0 Å². The van der Waals surface area contributed by atoms with Crippen molar-refractivity contribution in [3.8, 4) is 0 Å². The van der Waals surface area contributed by atoms with Crippen molar-refractivity contribution in [3.05, 3.63) is 95.0 Å². The van der Waals surface area contributed by atoms with Crippen molar-refractivity contribution in [1.29, 1.82) is 0 Å². The molecule has 0 aliphatic heterocycles. The minimum Gasteiger partial charge on any atom is -0.381 e. The van der Waals surface area contributed by atoms with E-state index in [1.807, 2.05) is 60.7 Å². The van der Waals surface area contributed by atoms with Gasteiger partial charge in [0.1, 0.15) is 5.69 Å². The molecule has 4 rings (SSSR count). The monoisotopic (exact) mass is 474 g/mol. The van der Waals surface area contributed by atoms with Crippen LogP contribution < -0.4 is 16.4 Å². The molecule has 0 radical (unpaired) electrons. The van der Waals surface area contributed by atoms with Crippen LogP contribution in [0.25, 0.3) is 10.8 Å². The second kappa shape index (κ2) is 10.2. The molecule has 2 atom stereocenters. The summed E-state index contributed by atoms with van der Waals surface area (Å²) in [4.78, 5) is 41.1. The van der Waals surface area contributed by atoms with Crippen LogP contribution in [0.4, 0.5) is 5.13 Å². The fourth-order valence-corrected chi connectivity index (χ4v) is 4.17. The van der Waals surface area contributed by atoms with Crippen molar-refractivity contribution < 1.29 is 19.5 Å². The normalized spacial score (nSPS) is 12.6. The van der Waals surface area contributed by atoms with Crippen molar-refractivity contribution in [3.63, 3.8) is 0 Å². The molecule has 0 saturated carbocycles. The number of aromatic nitrogens is 1. The van der Waals surface area contributed by atoms with Crippen LogP contribution in [0.1, 0.15) is 26.4 Å². The van der Waals surface area contributed by atoms with Crippen molar-refractivity contribution in [2.75, 3.05) is 5.32 Å². The number of fused-ring (bicyclic) bond motifs is 1. The summed E-state index contributed by atoms with van der Waals surface area (Å²) in [6.07, 6.45) is -1.37. The Morgan fingerprint density at radius 3 is 2.38 bits per heavy atom. The number of benzene rings is 3. The van der Waals surface area contributed by atoms with Crippen LogP contribution in [-0.2, 0) is 11.2 Å². The summed E-state index contributed by atoms with van der Waals surface area (Å²) >= 11 is 1.09. The van der Waals surface area contributed by atoms with Gasteiger partial charge in [0, 0.05) is 10.9 Å². The molecule has 34 heavy (non-hydrogen) atoms. The van der Waals surface area contributed by atoms with E-state index in [-0.39, 0.29) is 23.2 Å². The maximum Gasteiger partial charge on any atom is 0.271 e. The van der Waals surface area contributed by atoms with Gasteiger partial charge in [-0.1, -0.05) is 60.7 Å². The Morgan fingerprint density at radius 1 is 0.941 bits per heavy atom. The molecule has 0 aliphatic carbocycles. The summed E-state index contributed by atoms with van der Waals surface area (Å²) in [5.41, 5.74) is 6.58. The highest BCUT2D eigenvalue weighted by Crippen LogP contribution is 2.20. The van der Waals surface area contributed by atoms with E-state index < -0.39 is 24.0 Å². The first-order valence-corrected chi connectivity index (χ1v) is 11.4. The summed E-state index contributed by atoms with van der Waals surface area (Å²) in [5.74, 6) is -1.88. The van der Waals surface area contributed by atoms with Gasteiger partial charge in [0.25, 0.3) is 11.8 Å². The topological polar surface area (TPSA) is 134 Å². The Labute approximate surface area is 199 Å². The van der Waals surface area contributed by atoms with Crippen molar-refractivity contribution >= 4 is 45.0 Å². The molecule has 8 nitrogen and oxygen atoms in total. The molecule has 5 N–H and O–H groups in total. The molecule has 0 spiro atoms. The minimum absolute atomic E-state index is 0.0496. The lowest BCUT2D eigenvalue weighted by atomic mass is 10.0. The molecule has 0 saturated heterocycles. The summed E-state index contributed by atoms with van der Waals surface area (Å²) in [6, 6.07) is 21.2. The van der Waals surface area contributed by atoms with Gasteiger partial charge in [-0.15, -0.1) is 11.3 Å². The second-order valence-electron chi connectivity index (χ2n) is 7.67. The van der Waals surface area contributed by atoms with Crippen LogP contribution in [0.15, 0.2) is 78.2 Å². The smallest absolute Gasteiger partial charge is 0.271 e. The van der Waals surface area contributed by atoms with E-state index in [9.17, 15) is 19.5 Å². The average molecular weight is 475 g/mol. The van der Waals surface area contributed by atoms with Gasteiger partial charge in [0.2, 0.25) is 5.91 Å². The fourth-order valence-electron chi connectivity index (χ4n) is 3.49. The predicted octanol–water partition coefficient (Wildman–Crippen LogP) is 2.74. The van der Waals surface area contributed by atoms with E-state index in [0.29, 0.717) is 5.56 Å². The molecule has 172 valence electrons. The van der Waals surface area contributed by atoms with Gasteiger partial charge in [-0.05, 0) is 34.9 Å². The zero-order chi connectivity index (χ0) is 24.1. The molecular formula is C25H22N4O4S. The van der Waals surface area contributed by atoms with E-state index in [0.717, 1.165) is 27.7 Å². The Morgan fingerprint density at radius 2 is 1.65 bits per heavy atom. The van der Waals surface area contributed by atoms with Gasteiger partial charge in [-0.25, -0.2) is 4.98 Å².